The number of urea groups is 1. The Hall–Kier alpha value is -3.86. The number of likely N-dealkylation sites (N-methyl/N-ethyl adjacent to an activating group) is 1. The summed E-state index contributed by atoms with van der Waals surface area (Å²) in [6.07, 6.45) is 3.72. The van der Waals surface area contributed by atoms with Crippen molar-refractivity contribution in [2.45, 2.75) is 19.0 Å². The minimum atomic E-state index is -5.13. The molecule has 0 saturated carbocycles. The van der Waals surface area contributed by atoms with Crippen LogP contribution in [-0.2, 0) is 24.2 Å². The van der Waals surface area contributed by atoms with Gasteiger partial charge >= 0.3 is 6.03 Å². The summed E-state index contributed by atoms with van der Waals surface area (Å²) in [4.78, 5) is 27.0. The van der Waals surface area contributed by atoms with Crippen LogP contribution in [0.1, 0.15) is 6.92 Å². The molecule has 1 saturated heterocycles. The van der Waals surface area contributed by atoms with Gasteiger partial charge in [-0.05, 0) is 49.4 Å². The lowest BCUT2D eigenvalue weighted by atomic mass is 9.99. The lowest BCUT2D eigenvalue weighted by Gasteiger charge is -2.29. The first-order valence-electron chi connectivity index (χ1n) is 13.9. The van der Waals surface area contributed by atoms with Crippen molar-refractivity contribution in [1.29, 1.82) is 0 Å². The Morgan fingerprint density at radius 2 is 1.43 bits per heavy atom. The van der Waals surface area contributed by atoms with E-state index in [-0.39, 0.29) is 18.7 Å². The maximum absolute atomic E-state index is 12.2. The number of amides is 3. The van der Waals surface area contributed by atoms with E-state index in [1.54, 1.807) is 0 Å². The summed E-state index contributed by atoms with van der Waals surface area (Å²) < 4.78 is 41.6. The summed E-state index contributed by atoms with van der Waals surface area (Å²) in [5, 5.41) is 4.62. The van der Waals surface area contributed by atoms with E-state index < -0.39 is 41.7 Å². The van der Waals surface area contributed by atoms with E-state index in [0.717, 1.165) is 0 Å². The summed E-state index contributed by atoms with van der Waals surface area (Å²) in [6.45, 7) is 2.28. The summed E-state index contributed by atoms with van der Waals surface area (Å²) in [7, 11) is -2.39. The highest BCUT2D eigenvalue weighted by Gasteiger charge is 2.49. The maximum Gasteiger partial charge on any atom is 0.346 e. The SMILES string of the molecule is C/C=C/[P+](c1ccccc1)(c1ccccc1)c1ccccc1.COC[C@@H]1C=C(C(=O)N(C)C)[C@@H]2CN1C(=O)N2OS(=O)(=O)[O-]. The van der Waals surface area contributed by atoms with Crippen LogP contribution in [0.5, 0.6) is 0 Å². The molecule has 0 aliphatic carbocycles. The molecular formula is C32H36N3O7PS. The first-order chi connectivity index (χ1) is 21.0. The predicted octanol–water partition coefficient (Wildman–Crippen LogP) is 3.04. The standard InChI is InChI=1S/C21H20P.C11H17N3O7S/c1-2-18-22(19-12-6-3-7-13-19,20-14-8-4-9-15-20)21-16-10-5-11-17-21;1-12(2)10(15)8-4-7(6-20-3)13-5-9(8)14(11(13)16)21-22(17,18)19/h2-18H,1H3;4,7,9H,5-6H2,1-3H3,(H,17,18,19)/q+1;/p-1/b18-2+;/t;7-,9-/m.0/s1. The van der Waals surface area contributed by atoms with Crippen LogP contribution in [0.4, 0.5) is 4.79 Å². The Kier molecular flexibility index (Phi) is 10.7. The van der Waals surface area contributed by atoms with Crippen molar-refractivity contribution in [2.24, 2.45) is 0 Å². The molecule has 232 valence electrons. The van der Waals surface area contributed by atoms with Crippen molar-refractivity contribution < 1.29 is 31.6 Å². The quantitative estimate of drug-likeness (QED) is 0.201. The number of benzene rings is 3. The molecule has 5 rings (SSSR count). The second-order valence-electron chi connectivity index (χ2n) is 10.3. The Balaban J connectivity index is 0.000000201. The summed E-state index contributed by atoms with van der Waals surface area (Å²) >= 11 is 0. The zero-order valence-corrected chi connectivity index (χ0v) is 26.7. The topological polar surface area (TPSA) is 120 Å². The third kappa shape index (κ3) is 7.09. The van der Waals surface area contributed by atoms with Crippen LogP contribution in [0.2, 0.25) is 0 Å². The van der Waals surface area contributed by atoms with Crippen LogP contribution in [0.15, 0.2) is 115 Å². The molecule has 44 heavy (non-hydrogen) atoms. The van der Waals surface area contributed by atoms with Gasteiger partial charge in [0.15, 0.2) is 0 Å². The highest BCUT2D eigenvalue weighted by molar-refractivity contribution is 7.98. The van der Waals surface area contributed by atoms with Crippen molar-refractivity contribution in [3.05, 3.63) is 115 Å². The molecule has 1 fully saturated rings. The largest absolute Gasteiger partial charge is 0.724 e. The van der Waals surface area contributed by atoms with E-state index >= 15 is 0 Å². The predicted molar refractivity (Wildman–Crippen MR) is 171 cm³/mol. The number of carbonyl (C=O) groups excluding carboxylic acids is 2. The van der Waals surface area contributed by atoms with Gasteiger partial charge in [-0.2, -0.15) is 9.35 Å². The van der Waals surface area contributed by atoms with Crippen LogP contribution in [0.3, 0.4) is 0 Å². The van der Waals surface area contributed by atoms with Gasteiger partial charge in [0.05, 0.1) is 25.0 Å². The first-order valence-corrected chi connectivity index (χ1v) is 17.1. The Morgan fingerprint density at radius 1 is 0.955 bits per heavy atom. The van der Waals surface area contributed by atoms with Gasteiger partial charge in [-0.1, -0.05) is 60.7 Å². The van der Waals surface area contributed by atoms with Crippen LogP contribution in [0.25, 0.3) is 0 Å². The highest BCUT2D eigenvalue weighted by Crippen LogP contribution is 2.56. The minimum absolute atomic E-state index is 0.0355. The van der Waals surface area contributed by atoms with E-state index in [0.29, 0.717) is 5.06 Å². The molecule has 2 aliphatic heterocycles. The first kappa shape index (κ1) is 33.0. The molecule has 0 aromatic heterocycles. The number of hydroxylamine groups is 2. The second-order valence-corrected chi connectivity index (χ2v) is 14.6. The van der Waals surface area contributed by atoms with Gasteiger partial charge in [0, 0.05) is 26.8 Å². The average Bonchev–Trinajstić information content (AvgIpc) is 3.28. The molecule has 0 unspecified atom stereocenters. The van der Waals surface area contributed by atoms with Crippen molar-refractivity contribution in [3.8, 4) is 0 Å². The van der Waals surface area contributed by atoms with Crippen LogP contribution in [-0.4, -0.2) is 86.2 Å². The summed E-state index contributed by atoms with van der Waals surface area (Å²) in [5.74, 6) is 2.00. The average molecular weight is 638 g/mol. The molecule has 3 amide bonds. The van der Waals surface area contributed by atoms with Gasteiger partial charge in [0.1, 0.15) is 29.2 Å². The zero-order chi connectivity index (χ0) is 31.9. The molecule has 2 bridgehead atoms. The van der Waals surface area contributed by atoms with Gasteiger partial charge in [0.25, 0.3) is 5.91 Å². The second kappa shape index (κ2) is 14.3. The number of hydrogen-bond donors (Lipinski definition) is 0. The lowest BCUT2D eigenvalue weighted by Crippen LogP contribution is -2.44. The highest BCUT2D eigenvalue weighted by atomic mass is 32.3. The molecule has 3 aromatic carbocycles. The molecule has 12 heteroatoms. The maximum atomic E-state index is 12.2. The van der Waals surface area contributed by atoms with Crippen molar-refractivity contribution in [3.63, 3.8) is 0 Å². The smallest absolute Gasteiger partial charge is 0.346 e. The Labute approximate surface area is 259 Å². The fraction of sp³-hybridized carbons (Fsp3) is 0.250. The molecule has 0 radical (unpaired) electrons. The monoisotopic (exact) mass is 637 g/mol. The molecule has 2 aliphatic rings. The molecule has 2 heterocycles. The summed E-state index contributed by atoms with van der Waals surface area (Å²) in [5.41, 5.74) is 0.179. The molecule has 2 atom stereocenters. The molecule has 0 N–H and O–H groups in total. The molecule has 10 nitrogen and oxygen atoms in total. The molecular weight excluding hydrogens is 601 g/mol. The normalized spacial score (nSPS) is 18.1. The van der Waals surface area contributed by atoms with E-state index in [1.165, 1.54) is 53.0 Å². The summed E-state index contributed by atoms with van der Waals surface area (Å²) in [6, 6.07) is 30.3. The molecule has 3 aromatic rings. The van der Waals surface area contributed by atoms with E-state index in [2.05, 4.69) is 114 Å². The fourth-order valence-corrected chi connectivity index (χ4v) is 9.54. The number of carbonyl (C=O) groups is 2. The van der Waals surface area contributed by atoms with Gasteiger partial charge < -0.3 is 19.1 Å². The van der Waals surface area contributed by atoms with Crippen molar-refractivity contribution in [2.75, 3.05) is 34.4 Å². The van der Waals surface area contributed by atoms with E-state index in [1.807, 2.05) is 0 Å². The Morgan fingerprint density at radius 3 is 1.82 bits per heavy atom. The third-order valence-corrected chi connectivity index (χ3v) is 11.7. The van der Waals surface area contributed by atoms with Crippen molar-refractivity contribution >= 4 is 45.5 Å². The number of allylic oxidation sites excluding steroid dienone is 1. The Bertz CT molecular complexity index is 1500. The lowest BCUT2D eigenvalue weighted by molar-refractivity contribution is -0.126. The zero-order valence-electron chi connectivity index (χ0n) is 25.0. The van der Waals surface area contributed by atoms with E-state index in [4.69, 9.17) is 4.74 Å². The van der Waals surface area contributed by atoms with Gasteiger partial charge in [-0.15, -0.1) is 0 Å². The number of hydrogen-bond acceptors (Lipinski definition) is 7. The number of methoxy groups -OCH3 is 1. The van der Waals surface area contributed by atoms with Gasteiger partial charge in [-0.3, -0.25) is 4.79 Å². The number of nitrogens with zero attached hydrogens (tertiary/aromatic N) is 3. The fourth-order valence-electron chi connectivity index (χ4n) is 5.39. The number of rotatable bonds is 9. The minimum Gasteiger partial charge on any atom is -0.724 e. The van der Waals surface area contributed by atoms with Crippen LogP contribution < -0.4 is 15.9 Å². The van der Waals surface area contributed by atoms with Gasteiger partial charge in [-0.25, -0.2) is 13.2 Å². The van der Waals surface area contributed by atoms with E-state index in [9.17, 15) is 22.6 Å². The third-order valence-electron chi connectivity index (χ3n) is 7.24. The molecule has 0 spiro atoms. The van der Waals surface area contributed by atoms with Crippen molar-refractivity contribution in [1.82, 2.24) is 14.9 Å². The number of fused-ring (bicyclic) bond motifs is 2. The van der Waals surface area contributed by atoms with Crippen LogP contribution >= 0.6 is 7.26 Å². The van der Waals surface area contributed by atoms with Gasteiger partial charge in [0.2, 0.25) is 10.4 Å². The van der Waals surface area contributed by atoms with Crippen LogP contribution in [0, 0.1) is 0 Å². The number of ether oxygens (including phenoxy) is 1.